The molecule has 0 spiro atoms. The van der Waals surface area contributed by atoms with Gasteiger partial charge < -0.3 is 9.67 Å². The van der Waals surface area contributed by atoms with E-state index < -0.39 is 6.10 Å². The number of rotatable bonds is 4. The van der Waals surface area contributed by atoms with Crippen molar-refractivity contribution >= 4 is 11.0 Å². The van der Waals surface area contributed by atoms with Gasteiger partial charge in [0.2, 0.25) is 0 Å². The summed E-state index contributed by atoms with van der Waals surface area (Å²) >= 11 is 0. The van der Waals surface area contributed by atoms with Crippen molar-refractivity contribution in [3.8, 4) is 0 Å². The number of aromatic nitrogens is 2. The topological polar surface area (TPSA) is 38.0 Å². The van der Waals surface area contributed by atoms with Crippen molar-refractivity contribution in [2.24, 2.45) is 0 Å². The molecule has 1 atom stereocenters. The number of hydrogen-bond acceptors (Lipinski definition) is 2. The van der Waals surface area contributed by atoms with Crippen LogP contribution in [-0.4, -0.2) is 14.7 Å². The van der Waals surface area contributed by atoms with Crippen LogP contribution in [0.3, 0.4) is 0 Å². The predicted molar refractivity (Wildman–Crippen MR) is 85.2 cm³/mol. The fraction of sp³-hybridized carbons (Fsp3) is 0.278. The van der Waals surface area contributed by atoms with E-state index in [0.717, 1.165) is 34.4 Å². The van der Waals surface area contributed by atoms with Gasteiger partial charge in [-0.05, 0) is 30.2 Å². The summed E-state index contributed by atoms with van der Waals surface area (Å²) in [6.45, 7) is 4.66. The first-order chi connectivity index (χ1) is 10.2. The van der Waals surface area contributed by atoms with E-state index >= 15 is 0 Å². The smallest absolute Gasteiger partial charge is 0.109 e. The van der Waals surface area contributed by atoms with Crippen molar-refractivity contribution in [2.75, 3.05) is 0 Å². The Morgan fingerprint density at radius 1 is 1.10 bits per heavy atom. The summed E-state index contributed by atoms with van der Waals surface area (Å²) in [6, 6.07) is 16.1. The van der Waals surface area contributed by atoms with E-state index in [2.05, 4.69) is 22.5 Å². The van der Waals surface area contributed by atoms with Gasteiger partial charge in [-0.3, -0.25) is 0 Å². The van der Waals surface area contributed by atoms with E-state index in [-0.39, 0.29) is 0 Å². The second-order valence-corrected chi connectivity index (χ2v) is 5.35. The Bertz CT molecular complexity index is 761. The highest BCUT2D eigenvalue weighted by atomic mass is 16.3. The summed E-state index contributed by atoms with van der Waals surface area (Å²) < 4.78 is 2.13. The quantitative estimate of drug-likeness (QED) is 0.792. The number of nitrogens with zero attached hydrogens (tertiary/aromatic N) is 2. The minimum atomic E-state index is -0.519. The van der Waals surface area contributed by atoms with Crippen LogP contribution in [0, 0.1) is 6.92 Å². The molecule has 0 aliphatic rings. The van der Waals surface area contributed by atoms with Crippen molar-refractivity contribution < 1.29 is 5.11 Å². The van der Waals surface area contributed by atoms with Crippen molar-refractivity contribution in [1.82, 2.24) is 9.55 Å². The van der Waals surface area contributed by atoms with Crippen LogP contribution in [-0.2, 0) is 13.0 Å². The Hall–Kier alpha value is -2.13. The lowest BCUT2D eigenvalue weighted by Crippen LogP contribution is -2.12. The maximum atomic E-state index is 10.6. The standard InChI is InChI=1S/C18H20N2O/c1-3-18-19-15-10-6-7-11-16(15)20(18)12-17(21)14-9-5-4-8-13(14)2/h4-11,17,21H,3,12H2,1-2H3. The number of aryl methyl sites for hydroxylation is 2. The van der Waals surface area contributed by atoms with Crippen LogP contribution in [0.25, 0.3) is 11.0 Å². The maximum Gasteiger partial charge on any atom is 0.109 e. The van der Waals surface area contributed by atoms with Crippen LogP contribution in [0.1, 0.15) is 30.0 Å². The summed E-state index contributed by atoms with van der Waals surface area (Å²) in [5, 5.41) is 10.6. The Balaban J connectivity index is 1.99. The highest BCUT2D eigenvalue weighted by Gasteiger charge is 2.15. The SMILES string of the molecule is CCc1nc2ccccc2n1CC(O)c1ccccc1C. The monoisotopic (exact) mass is 280 g/mol. The van der Waals surface area contributed by atoms with Gasteiger partial charge in [-0.2, -0.15) is 0 Å². The van der Waals surface area contributed by atoms with Crippen LogP contribution >= 0.6 is 0 Å². The Morgan fingerprint density at radius 3 is 2.57 bits per heavy atom. The van der Waals surface area contributed by atoms with Crippen molar-refractivity contribution in [3.05, 3.63) is 65.5 Å². The molecule has 3 aromatic rings. The Labute approximate surface area is 124 Å². The molecule has 0 radical (unpaired) electrons. The first kappa shape index (κ1) is 13.8. The van der Waals surface area contributed by atoms with Gasteiger partial charge in [0.25, 0.3) is 0 Å². The molecule has 3 heteroatoms. The minimum absolute atomic E-state index is 0.519. The Morgan fingerprint density at radius 2 is 1.81 bits per heavy atom. The molecule has 1 aromatic heterocycles. The minimum Gasteiger partial charge on any atom is -0.387 e. The summed E-state index contributed by atoms with van der Waals surface area (Å²) in [5.74, 6) is 1.02. The fourth-order valence-corrected chi connectivity index (χ4v) is 2.83. The molecule has 0 aliphatic carbocycles. The van der Waals surface area contributed by atoms with Crippen molar-refractivity contribution in [1.29, 1.82) is 0 Å². The zero-order valence-electron chi connectivity index (χ0n) is 12.5. The zero-order valence-corrected chi connectivity index (χ0v) is 12.5. The molecule has 1 unspecified atom stereocenters. The summed E-state index contributed by atoms with van der Waals surface area (Å²) in [4.78, 5) is 4.65. The molecule has 3 rings (SSSR count). The third-order valence-corrected chi connectivity index (χ3v) is 3.95. The van der Waals surface area contributed by atoms with Gasteiger partial charge in [-0.1, -0.05) is 43.3 Å². The number of benzene rings is 2. The largest absolute Gasteiger partial charge is 0.387 e. The molecule has 108 valence electrons. The predicted octanol–water partition coefficient (Wildman–Crippen LogP) is 3.64. The van der Waals surface area contributed by atoms with Gasteiger partial charge in [0.15, 0.2) is 0 Å². The number of hydrogen-bond donors (Lipinski definition) is 1. The molecule has 0 fully saturated rings. The van der Waals surface area contributed by atoms with E-state index in [1.165, 1.54) is 0 Å². The van der Waals surface area contributed by atoms with Gasteiger partial charge in [0.1, 0.15) is 5.82 Å². The highest BCUT2D eigenvalue weighted by Crippen LogP contribution is 2.23. The normalized spacial score (nSPS) is 12.7. The van der Waals surface area contributed by atoms with E-state index in [1.807, 2.05) is 49.4 Å². The molecular formula is C18H20N2O. The first-order valence-corrected chi connectivity index (χ1v) is 7.38. The van der Waals surface area contributed by atoms with E-state index in [0.29, 0.717) is 6.54 Å². The van der Waals surface area contributed by atoms with Crippen LogP contribution in [0.2, 0.25) is 0 Å². The number of para-hydroxylation sites is 2. The fourth-order valence-electron chi connectivity index (χ4n) is 2.83. The third-order valence-electron chi connectivity index (χ3n) is 3.95. The van der Waals surface area contributed by atoms with Gasteiger partial charge in [-0.25, -0.2) is 4.98 Å². The molecule has 1 heterocycles. The molecule has 21 heavy (non-hydrogen) atoms. The molecule has 3 nitrogen and oxygen atoms in total. The molecular weight excluding hydrogens is 260 g/mol. The van der Waals surface area contributed by atoms with Gasteiger partial charge >= 0.3 is 0 Å². The van der Waals surface area contributed by atoms with E-state index in [9.17, 15) is 5.11 Å². The maximum absolute atomic E-state index is 10.6. The van der Waals surface area contributed by atoms with Gasteiger partial charge in [0.05, 0.1) is 23.7 Å². The lowest BCUT2D eigenvalue weighted by molar-refractivity contribution is 0.156. The number of fused-ring (bicyclic) bond motifs is 1. The van der Waals surface area contributed by atoms with Gasteiger partial charge in [0, 0.05) is 6.42 Å². The van der Waals surface area contributed by atoms with Crippen LogP contribution in [0.4, 0.5) is 0 Å². The third kappa shape index (κ3) is 2.57. The van der Waals surface area contributed by atoms with Crippen LogP contribution < -0.4 is 0 Å². The zero-order chi connectivity index (χ0) is 14.8. The molecule has 0 aliphatic heterocycles. The van der Waals surface area contributed by atoms with Crippen LogP contribution in [0.15, 0.2) is 48.5 Å². The molecule has 0 amide bonds. The average molecular weight is 280 g/mol. The van der Waals surface area contributed by atoms with Crippen molar-refractivity contribution in [2.45, 2.75) is 32.9 Å². The summed E-state index contributed by atoms with van der Waals surface area (Å²) in [5.41, 5.74) is 4.18. The number of imidazole rings is 1. The molecule has 2 aromatic carbocycles. The Kier molecular flexibility index (Phi) is 3.76. The van der Waals surface area contributed by atoms with Crippen molar-refractivity contribution in [3.63, 3.8) is 0 Å². The molecule has 1 N–H and O–H groups in total. The highest BCUT2D eigenvalue weighted by molar-refractivity contribution is 5.75. The molecule has 0 saturated heterocycles. The summed E-state index contributed by atoms with van der Waals surface area (Å²) in [7, 11) is 0. The second-order valence-electron chi connectivity index (χ2n) is 5.35. The molecule has 0 saturated carbocycles. The van der Waals surface area contributed by atoms with Crippen LogP contribution in [0.5, 0.6) is 0 Å². The van der Waals surface area contributed by atoms with E-state index in [1.54, 1.807) is 0 Å². The number of aliphatic hydroxyl groups excluding tert-OH is 1. The molecule has 0 bridgehead atoms. The van der Waals surface area contributed by atoms with E-state index in [4.69, 9.17) is 0 Å². The lowest BCUT2D eigenvalue weighted by Gasteiger charge is -2.16. The first-order valence-electron chi connectivity index (χ1n) is 7.38. The second kappa shape index (κ2) is 5.70. The lowest BCUT2D eigenvalue weighted by atomic mass is 10.0. The average Bonchev–Trinajstić information content (AvgIpc) is 2.86. The summed E-state index contributed by atoms with van der Waals surface area (Å²) in [6.07, 6.45) is 0.337. The van der Waals surface area contributed by atoms with Gasteiger partial charge in [-0.15, -0.1) is 0 Å². The number of aliphatic hydroxyl groups is 1.